The van der Waals surface area contributed by atoms with Crippen LogP contribution in [0.25, 0.3) is 0 Å². The molecule has 1 fully saturated rings. The molecule has 2 atom stereocenters. The maximum absolute atomic E-state index is 6.02. The number of hydrogen-bond donors (Lipinski definition) is 1. The van der Waals surface area contributed by atoms with Crippen LogP contribution in [0.2, 0.25) is 0 Å². The first-order chi connectivity index (χ1) is 9.13. The molecule has 0 bridgehead atoms. The SMILES string of the molecule is CC1CCCC(Oc2ccc(CNC(C)C)nc2)C1. The van der Waals surface area contributed by atoms with Crippen molar-refractivity contribution in [1.82, 2.24) is 10.3 Å². The van der Waals surface area contributed by atoms with E-state index in [-0.39, 0.29) is 0 Å². The predicted octanol–water partition coefficient (Wildman–Crippen LogP) is 3.54. The van der Waals surface area contributed by atoms with Crippen LogP contribution in [0.3, 0.4) is 0 Å². The molecule has 2 rings (SSSR count). The molecule has 1 aromatic heterocycles. The lowest BCUT2D eigenvalue weighted by Crippen LogP contribution is -2.24. The highest BCUT2D eigenvalue weighted by atomic mass is 16.5. The second-order valence-corrected chi connectivity index (χ2v) is 6.03. The minimum atomic E-state index is 0.380. The molecule has 1 N–H and O–H groups in total. The minimum Gasteiger partial charge on any atom is -0.489 e. The monoisotopic (exact) mass is 262 g/mol. The van der Waals surface area contributed by atoms with Crippen molar-refractivity contribution in [3.05, 3.63) is 24.0 Å². The summed E-state index contributed by atoms with van der Waals surface area (Å²) in [5, 5.41) is 3.37. The van der Waals surface area contributed by atoms with Crippen molar-refractivity contribution in [2.45, 2.75) is 65.1 Å². The summed E-state index contributed by atoms with van der Waals surface area (Å²) < 4.78 is 6.02. The van der Waals surface area contributed by atoms with Gasteiger partial charge in [0, 0.05) is 12.6 Å². The number of nitrogens with one attached hydrogen (secondary N) is 1. The summed E-state index contributed by atoms with van der Waals surface area (Å²) in [6.07, 6.45) is 7.23. The van der Waals surface area contributed by atoms with Gasteiger partial charge in [0.1, 0.15) is 5.75 Å². The number of aromatic nitrogens is 1. The summed E-state index contributed by atoms with van der Waals surface area (Å²) >= 11 is 0. The summed E-state index contributed by atoms with van der Waals surface area (Å²) in [6, 6.07) is 4.59. The third-order valence-electron chi connectivity index (χ3n) is 3.68. The first-order valence-corrected chi connectivity index (χ1v) is 7.48. The van der Waals surface area contributed by atoms with E-state index >= 15 is 0 Å². The molecule has 106 valence electrons. The van der Waals surface area contributed by atoms with Gasteiger partial charge in [-0.15, -0.1) is 0 Å². The number of rotatable bonds is 5. The van der Waals surface area contributed by atoms with Gasteiger partial charge < -0.3 is 10.1 Å². The molecule has 3 nitrogen and oxygen atoms in total. The Bertz CT molecular complexity index is 375. The summed E-state index contributed by atoms with van der Waals surface area (Å²) in [7, 11) is 0. The molecule has 0 saturated heterocycles. The molecule has 0 aromatic carbocycles. The average molecular weight is 262 g/mol. The van der Waals surface area contributed by atoms with Crippen LogP contribution < -0.4 is 10.1 Å². The summed E-state index contributed by atoms with van der Waals surface area (Å²) in [5.74, 6) is 1.70. The second kappa shape index (κ2) is 6.90. The molecule has 0 amide bonds. The van der Waals surface area contributed by atoms with Crippen molar-refractivity contribution in [1.29, 1.82) is 0 Å². The van der Waals surface area contributed by atoms with Crippen molar-refractivity contribution in [2.24, 2.45) is 5.92 Å². The number of pyridine rings is 1. The summed E-state index contributed by atoms with van der Waals surface area (Å²) in [5.41, 5.74) is 1.07. The highest BCUT2D eigenvalue weighted by molar-refractivity contribution is 5.20. The Morgan fingerprint density at radius 3 is 2.84 bits per heavy atom. The van der Waals surface area contributed by atoms with Gasteiger partial charge in [-0.3, -0.25) is 4.98 Å². The molecule has 1 aromatic rings. The molecule has 0 aliphatic heterocycles. The fourth-order valence-corrected chi connectivity index (χ4v) is 2.57. The zero-order valence-corrected chi connectivity index (χ0v) is 12.4. The largest absolute Gasteiger partial charge is 0.489 e. The highest BCUT2D eigenvalue weighted by Crippen LogP contribution is 2.27. The molecule has 3 heteroatoms. The van der Waals surface area contributed by atoms with Gasteiger partial charge in [0.05, 0.1) is 18.0 Å². The third-order valence-corrected chi connectivity index (χ3v) is 3.68. The number of nitrogens with zero attached hydrogens (tertiary/aromatic N) is 1. The Balaban J connectivity index is 1.84. The van der Waals surface area contributed by atoms with Crippen molar-refractivity contribution in [3.63, 3.8) is 0 Å². The first-order valence-electron chi connectivity index (χ1n) is 7.48. The molecule has 1 aliphatic rings. The van der Waals surface area contributed by atoms with E-state index in [4.69, 9.17) is 4.74 Å². The molecule has 2 unspecified atom stereocenters. The normalized spacial score (nSPS) is 23.6. The average Bonchev–Trinajstić information content (AvgIpc) is 2.38. The molecule has 1 aliphatic carbocycles. The number of hydrogen-bond acceptors (Lipinski definition) is 3. The van der Waals surface area contributed by atoms with Gasteiger partial charge in [-0.1, -0.05) is 27.2 Å². The molecular formula is C16H26N2O. The highest BCUT2D eigenvalue weighted by Gasteiger charge is 2.20. The maximum atomic E-state index is 6.02. The maximum Gasteiger partial charge on any atom is 0.138 e. The Morgan fingerprint density at radius 2 is 2.21 bits per heavy atom. The smallest absolute Gasteiger partial charge is 0.138 e. The number of ether oxygens (including phenoxy) is 1. The van der Waals surface area contributed by atoms with E-state index in [1.807, 2.05) is 12.3 Å². The first kappa shape index (κ1) is 14.3. The zero-order chi connectivity index (χ0) is 13.7. The molecule has 1 saturated carbocycles. The Morgan fingerprint density at radius 1 is 1.37 bits per heavy atom. The van der Waals surface area contributed by atoms with Crippen LogP contribution in [0.1, 0.15) is 52.1 Å². The van der Waals surface area contributed by atoms with Gasteiger partial charge in [0.15, 0.2) is 0 Å². The van der Waals surface area contributed by atoms with Crippen LogP contribution >= 0.6 is 0 Å². The Hall–Kier alpha value is -1.09. The molecule has 0 spiro atoms. The van der Waals surface area contributed by atoms with Crippen molar-refractivity contribution in [2.75, 3.05) is 0 Å². The summed E-state index contributed by atoms with van der Waals surface area (Å²) in [6.45, 7) is 7.41. The fourth-order valence-electron chi connectivity index (χ4n) is 2.57. The van der Waals surface area contributed by atoms with E-state index in [0.29, 0.717) is 12.1 Å². The molecule has 1 heterocycles. The third kappa shape index (κ3) is 4.83. The van der Waals surface area contributed by atoms with E-state index in [1.54, 1.807) is 0 Å². The lowest BCUT2D eigenvalue weighted by Gasteiger charge is -2.27. The van der Waals surface area contributed by atoms with Gasteiger partial charge in [0.25, 0.3) is 0 Å². The lowest BCUT2D eigenvalue weighted by atomic mass is 9.89. The van der Waals surface area contributed by atoms with Crippen molar-refractivity contribution in [3.8, 4) is 5.75 Å². The van der Waals surface area contributed by atoms with Crippen molar-refractivity contribution >= 4 is 0 Å². The summed E-state index contributed by atoms with van der Waals surface area (Å²) in [4.78, 5) is 4.45. The van der Waals surface area contributed by atoms with Crippen LogP contribution in [0.4, 0.5) is 0 Å². The standard InChI is InChI=1S/C16H26N2O/c1-12(2)17-10-14-7-8-16(11-18-14)19-15-6-4-5-13(3)9-15/h7-8,11-13,15,17H,4-6,9-10H2,1-3H3. The predicted molar refractivity (Wildman–Crippen MR) is 78.3 cm³/mol. The van der Waals surface area contributed by atoms with Crippen LogP contribution in [0.15, 0.2) is 18.3 Å². The van der Waals surface area contributed by atoms with E-state index in [1.165, 1.54) is 25.7 Å². The zero-order valence-electron chi connectivity index (χ0n) is 12.4. The Kier molecular flexibility index (Phi) is 5.20. The Labute approximate surface area is 116 Å². The van der Waals surface area contributed by atoms with Gasteiger partial charge in [0.2, 0.25) is 0 Å². The second-order valence-electron chi connectivity index (χ2n) is 6.03. The fraction of sp³-hybridized carbons (Fsp3) is 0.688. The van der Waals surface area contributed by atoms with Crippen molar-refractivity contribution < 1.29 is 4.74 Å². The topological polar surface area (TPSA) is 34.1 Å². The molecule has 19 heavy (non-hydrogen) atoms. The van der Waals surface area contributed by atoms with E-state index in [9.17, 15) is 0 Å². The van der Waals surface area contributed by atoms with Gasteiger partial charge in [-0.2, -0.15) is 0 Å². The van der Waals surface area contributed by atoms with Gasteiger partial charge in [-0.05, 0) is 37.3 Å². The van der Waals surface area contributed by atoms with E-state index in [0.717, 1.165) is 23.9 Å². The van der Waals surface area contributed by atoms with E-state index in [2.05, 4.69) is 37.1 Å². The van der Waals surface area contributed by atoms with Crippen LogP contribution in [-0.4, -0.2) is 17.1 Å². The van der Waals surface area contributed by atoms with E-state index < -0.39 is 0 Å². The van der Waals surface area contributed by atoms with Crippen LogP contribution in [0.5, 0.6) is 5.75 Å². The molecular weight excluding hydrogens is 236 g/mol. The van der Waals surface area contributed by atoms with Crippen LogP contribution in [0, 0.1) is 5.92 Å². The molecule has 0 radical (unpaired) electrons. The van der Waals surface area contributed by atoms with Crippen LogP contribution in [-0.2, 0) is 6.54 Å². The quantitative estimate of drug-likeness (QED) is 0.881. The van der Waals surface area contributed by atoms with Gasteiger partial charge >= 0.3 is 0 Å². The lowest BCUT2D eigenvalue weighted by molar-refractivity contribution is 0.128. The minimum absolute atomic E-state index is 0.380. The van der Waals surface area contributed by atoms with Gasteiger partial charge in [-0.25, -0.2) is 0 Å².